The molecule has 4 rings (SSSR count). The lowest BCUT2D eigenvalue weighted by molar-refractivity contribution is -0.143. The number of aliphatic hydroxyl groups excluding tert-OH is 1. The maximum absolute atomic E-state index is 12.0. The summed E-state index contributed by atoms with van der Waals surface area (Å²) in [6.07, 6.45) is 18.5. The Morgan fingerprint density at radius 3 is 2.23 bits per heavy atom. The molecule has 1 N–H and O–H groups in total. The second kappa shape index (κ2) is 16.8. The van der Waals surface area contributed by atoms with E-state index in [1.54, 1.807) is 0 Å². The maximum atomic E-state index is 12.0. The van der Waals surface area contributed by atoms with Crippen LogP contribution < -0.4 is 0 Å². The molecule has 5 heteroatoms. The highest BCUT2D eigenvalue weighted by Gasteiger charge is 2.31. The molecule has 2 aliphatic rings. The minimum Gasteiger partial charge on any atom is -0.462 e. The molecule has 2 fully saturated rings. The summed E-state index contributed by atoms with van der Waals surface area (Å²) < 4.78 is 10.6. The fourth-order valence-corrected chi connectivity index (χ4v) is 7.37. The van der Waals surface area contributed by atoms with E-state index in [-0.39, 0.29) is 24.7 Å². The monoisotopic (exact) mass is 588 g/mol. The number of carbonyl (C=O) groups is 2. The van der Waals surface area contributed by atoms with Crippen LogP contribution >= 0.6 is 0 Å². The highest BCUT2D eigenvalue weighted by molar-refractivity contribution is 5.88. The quantitative estimate of drug-likeness (QED) is 0.128. The van der Waals surface area contributed by atoms with Crippen molar-refractivity contribution in [1.82, 2.24) is 0 Å². The molecule has 43 heavy (non-hydrogen) atoms. The molecule has 2 aromatic carbocycles. The van der Waals surface area contributed by atoms with Crippen molar-refractivity contribution in [3.8, 4) is 0 Å². The van der Waals surface area contributed by atoms with Crippen LogP contribution in [0.15, 0.2) is 61.2 Å². The number of fused-ring (bicyclic) bond motifs is 1. The molecule has 0 spiro atoms. The summed E-state index contributed by atoms with van der Waals surface area (Å²) >= 11 is 0. The van der Waals surface area contributed by atoms with Crippen LogP contribution in [-0.4, -0.2) is 36.9 Å². The van der Waals surface area contributed by atoms with E-state index in [2.05, 4.69) is 56.5 Å². The molecular formula is C38H52O5. The lowest BCUT2D eigenvalue weighted by Gasteiger charge is -2.38. The Morgan fingerprint density at radius 2 is 1.56 bits per heavy atom. The van der Waals surface area contributed by atoms with Gasteiger partial charge in [0.15, 0.2) is 0 Å². The minimum absolute atomic E-state index is 0.00266. The maximum Gasteiger partial charge on any atom is 0.335 e. The van der Waals surface area contributed by atoms with Gasteiger partial charge in [0.05, 0.1) is 25.4 Å². The van der Waals surface area contributed by atoms with Crippen LogP contribution in [0.1, 0.15) is 101 Å². The van der Waals surface area contributed by atoms with E-state index in [0.29, 0.717) is 12.3 Å². The number of aliphatic hydroxyl groups is 1. The van der Waals surface area contributed by atoms with Gasteiger partial charge in [0.25, 0.3) is 0 Å². The molecule has 2 aliphatic carbocycles. The van der Waals surface area contributed by atoms with Crippen LogP contribution in [0.25, 0.3) is 10.8 Å². The standard InChI is InChI=1S/C38H52O5/c1-4-6-7-8-28-9-12-31(13-10-28)32-15-17-33(18-16-32)35-20-19-34-22-29(11-14-36(34)23-35)21-30(25-42-37(40)5-2)26-43-38(41)27(3)24-39/h5,11,14,19-20,22-23,28,30-33,39H,2-4,6-10,12-13,15-18,21,24-26H2,1H3. The number of unbranched alkanes of at least 4 members (excludes halogenated alkanes) is 2. The summed E-state index contributed by atoms with van der Waals surface area (Å²) in [7, 11) is 0. The first-order valence-corrected chi connectivity index (χ1v) is 16.7. The van der Waals surface area contributed by atoms with Gasteiger partial charge in [-0.1, -0.05) is 95.0 Å². The predicted molar refractivity (Wildman–Crippen MR) is 174 cm³/mol. The highest BCUT2D eigenvalue weighted by Crippen LogP contribution is 2.45. The third-order valence-corrected chi connectivity index (χ3v) is 10.0. The van der Waals surface area contributed by atoms with Crippen molar-refractivity contribution >= 4 is 22.7 Å². The topological polar surface area (TPSA) is 72.8 Å². The van der Waals surface area contributed by atoms with Gasteiger partial charge >= 0.3 is 11.9 Å². The number of benzene rings is 2. The Bertz CT molecular complexity index is 1220. The van der Waals surface area contributed by atoms with E-state index in [9.17, 15) is 9.59 Å². The Morgan fingerprint density at radius 1 is 0.907 bits per heavy atom. The number of carbonyl (C=O) groups excluding carboxylic acids is 2. The normalized spacial score (nSPS) is 22.9. The van der Waals surface area contributed by atoms with Gasteiger partial charge in [-0.25, -0.2) is 9.59 Å². The molecule has 5 nitrogen and oxygen atoms in total. The Hall–Kier alpha value is -2.92. The molecule has 0 radical (unpaired) electrons. The molecular weight excluding hydrogens is 536 g/mol. The number of rotatable bonds is 15. The smallest absolute Gasteiger partial charge is 0.335 e. The number of hydrogen-bond acceptors (Lipinski definition) is 5. The van der Waals surface area contributed by atoms with Gasteiger partial charge in [-0.05, 0) is 90.5 Å². The van der Waals surface area contributed by atoms with Gasteiger partial charge in [-0.2, -0.15) is 0 Å². The zero-order valence-electron chi connectivity index (χ0n) is 26.2. The van der Waals surface area contributed by atoms with Gasteiger partial charge in [0.1, 0.15) is 0 Å². The van der Waals surface area contributed by atoms with Crippen molar-refractivity contribution < 1.29 is 24.2 Å². The molecule has 0 amide bonds. The lowest BCUT2D eigenvalue weighted by Crippen LogP contribution is -2.25. The van der Waals surface area contributed by atoms with Crippen LogP contribution in [0.4, 0.5) is 0 Å². The fourth-order valence-electron chi connectivity index (χ4n) is 7.37. The van der Waals surface area contributed by atoms with Crippen molar-refractivity contribution in [2.45, 2.75) is 96.3 Å². The van der Waals surface area contributed by atoms with Crippen LogP contribution in [0.2, 0.25) is 0 Å². The molecule has 1 unspecified atom stereocenters. The summed E-state index contributed by atoms with van der Waals surface area (Å²) in [5.41, 5.74) is 2.54. The van der Waals surface area contributed by atoms with Crippen LogP contribution in [0.3, 0.4) is 0 Å². The molecule has 1 atom stereocenters. The number of ether oxygens (including phenoxy) is 2. The largest absolute Gasteiger partial charge is 0.462 e. The third kappa shape index (κ3) is 9.79. The fraction of sp³-hybridized carbons (Fsp3) is 0.579. The van der Waals surface area contributed by atoms with E-state index >= 15 is 0 Å². The van der Waals surface area contributed by atoms with Crippen molar-refractivity contribution in [2.24, 2.45) is 23.7 Å². The first-order valence-electron chi connectivity index (χ1n) is 16.7. The third-order valence-electron chi connectivity index (χ3n) is 10.0. The molecule has 0 saturated heterocycles. The zero-order valence-corrected chi connectivity index (χ0v) is 26.2. The second-order valence-corrected chi connectivity index (χ2v) is 13.1. The first kappa shape index (κ1) is 33.0. The van der Waals surface area contributed by atoms with Gasteiger partial charge < -0.3 is 14.6 Å². The summed E-state index contributed by atoms with van der Waals surface area (Å²) in [6.45, 7) is 8.96. The average Bonchev–Trinajstić information content (AvgIpc) is 3.05. The second-order valence-electron chi connectivity index (χ2n) is 13.1. The van der Waals surface area contributed by atoms with E-state index in [1.165, 1.54) is 93.4 Å². The summed E-state index contributed by atoms with van der Waals surface area (Å²) in [5, 5.41) is 11.6. The van der Waals surface area contributed by atoms with Gasteiger partial charge in [0, 0.05) is 12.0 Å². The van der Waals surface area contributed by atoms with Crippen molar-refractivity contribution in [1.29, 1.82) is 0 Å². The summed E-state index contributed by atoms with van der Waals surface area (Å²) in [4.78, 5) is 23.7. The number of esters is 2. The Kier molecular flexibility index (Phi) is 12.9. The average molecular weight is 589 g/mol. The lowest BCUT2D eigenvalue weighted by atomic mass is 9.68. The molecule has 2 saturated carbocycles. The van der Waals surface area contributed by atoms with Gasteiger partial charge in [-0.3, -0.25) is 0 Å². The Labute approximate surface area is 258 Å². The highest BCUT2D eigenvalue weighted by atomic mass is 16.5. The molecule has 0 aliphatic heterocycles. The number of hydrogen-bond donors (Lipinski definition) is 1. The van der Waals surface area contributed by atoms with Crippen LogP contribution in [0.5, 0.6) is 0 Å². The van der Waals surface area contributed by atoms with E-state index < -0.39 is 18.5 Å². The van der Waals surface area contributed by atoms with Crippen LogP contribution in [-0.2, 0) is 25.5 Å². The Balaban J connectivity index is 1.31. The summed E-state index contributed by atoms with van der Waals surface area (Å²) in [6, 6.07) is 13.4. The van der Waals surface area contributed by atoms with Crippen molar-refractivity contribution in [3.05, 3.63) is 72.3 Å². The molecule has 2 aromatic rings. The van der Waals surface area contributed by atoms with E-state index in [1.807, 2.05) is 0 Å². The molecule has 234 valence electrons. The first-order chi connectivity index (χ1) is 20.9. The van der Waals surface area contributed by atoms with Gasteiger partial charge in [0.2, 0.25) is 0 Å². The minimum atomic E-state index is -0.646. The molecule has 0 heterocycles. The van der Waals surface area contributed by atoms with Crippen molar-refractivity contribution in [2.75, 3.05) is 19.8 Å². The predicted octanol–water partition coefficient (Wildman–Crippen LogP) is 8.48. The van der Waals surface area contributed by atoms with Crippen LogP contribution in [0, 0.1) is 23.7 Å². The molecule has 0 aromatic heterocycles. The summed E-state index contributed by atoms with van der Waals surface area (Å²) in [5.74, 6) is 2.14. The van der Waals surface area contributed by atoms with E-state index in [0.717, 1.165) is 29.4 Å². The van der Waals surface area contributed by atoms with E-state index in [4.69, 9.17) is 14.6 Å². The van der Waals surface area contributed by atoms with Gasteiger partial charge in [-0.15, -0.1) is 0 Å². The molecule has 0 bridgehead atoms. The SMILES string of the molecule is C=CC(=O)OCC(COC(=O)C(=C)CO)Cc1ccc2cc(C3CCC(C4CCC(CCCCC)CC4)CC3)ccc2c1. The van der Waals surface area contributed by atoms with Crippen molar-refractivity contribution in [3.63, 3.8) is 0 Å². The zero-order chi connectivity index (χ0) is 30.6.